The molecule has 0 heterocycles. The summed E-state index contributed by atoms with van der Waals surface area (Å²) in [5, 5.41) is 2.88. The molecule has 0 aromatic heterocycles. The van der Waals surface area contributed by atoms with Crippen LogP contribution in [0.2, 0.25) is 0 Å². The second-order valence-electron chi connectivity index (χ2n) is 5.93. The number of aryl methyl sites for hydroxylation is 1. The van der Waals surface area contributed by atoms with Gasteiger partial charge in [-0.1, -0.05) is 18.2 Å². The highest BCUT2D eigenvalue weighted by Crippen LogP contribution is 2.47. The van der Waals surface area contributed by atoms with E-state index >= 15 is 0 Å². The maximum absolute atomic E-state index is 13.3. The molecule has 0 aliphatic heterocycles. The van der Waals surface area contributed by atoms with Crippen LogP contribution >= 0.6 is 0 Å². The van der Waals surface area contributed by atoms with Crippen molar-refractivity contribution in [1.29, 1.82) is 0 Å². The Balaban J connectivity index is 1.71. The Kier molecular flexibility index (Phi) is 3.69. The normalized spacial score (nSPS) is 15.4. The van der Waals surface area contributed by atoms with E-state index in [9.17, 15) is 13.6 Å². The molecule has 1 fully saturated rings. The van der Waals surface area contributed by atoms with Gasteiger partial charge in [-0.15, -0.1) is 0 Å². The Bertz CT molecular complexity index is 706. The summed E-state index contributed by atoms with van der Waals surface area (Å²) in [6.07, 6.45) is 1.92. The Labute approximate surface area is 128 Å². The Hall–Kier alpha value is -2.23. The van der Waals surface area contributed by atoms with Gasteiger partial charge in [-0.3, -0.25) is 4.79 Å². The Morgan fingerprint density at radius 1 is 1.09 bits per heavy atom. The van der Waals surface area contributed by atoms with Gasteiger partial charge >= 0.3 is 0 Å². The first-order valence-corrected chi connectivity index (χ1v) is 7.31. The van der Waals surface area contributed by atoms with Crippen molar-refractivity contribution in [3.8, 4) is 0 Å². The van der Waals surface area contributed by atoms with Gasteiger partial charge in [-0.2, -0.15) is 0 Å². The van der Waals surface area contributed by atoms with E-state index in [1.165, 1.54) is 24.3 Å². The number of hydrogen-bond acceptors (Lipinski definition) is 1. The zero-order valence-corrected chi connectivity index (χ0v) is 12.3. The van der Waals surface area contributed by atoms with E-state index in [0.29, 0.717) is 12.1 Å². The monoisotopic (exact) mass is 301 g/mol. The van der Waals surface area contributed by atoms with E-state index in [-0.39, 0.29) is 17.1 Å². The fraction of sp³-hybridized carbons (Fsp3) is 0.278. The Morgan fingerprint density at radius 2 is 1.73 bits per heavy atom. The second-order valence-corrected chi connectivity index (χ2v) is 5.93. The third-order valence-electron chi connectivity index (χ3n) is 4.34. The molecule has 0 atom stereocenters. The molecule has 0 bridgehead atoms. The fourth-order valence-electron chi connectivity index (χ4n) is 2.71. The van der Waals surface area contributed by atoms with Crippen molar-refractivity contribution in [3.05, 3.63) is 70.8 Å². The van der Waals surface area contributed by atoms with Gasteiger partial charge in [-0.25, -0.2) is 8.78 Å². The van der Waals surface area contributed by atoms with Crippen molar-refractivity contribution >= 4 is 5.91 Å². The molecule has 114 valence electrons. The number of nitrogens with one attached hydrogen (secondary N) is 1. The first kappa shape index (κ1) is 14.7. The van der Waals surface area contributed by atoms with Crippen LogP contribution in [0.15, 0.2) is 42.5 Å². The maximum atomic E-state index is 13.3. The van der Waals surface area contributed by atoms with Crippen LogP contribution < -0.4 is 5.32 Å². The lowest BCUT2D eigenvalue weighted by molar-refractivity contribution is 0.0948. The average molecular weight is 301 g/mol. The highest BCUT2D eigenvalue weighted by Gasteiger charge is 2.44. The molecule has 1 aliphatic rings. The summed E-state index contributed by atoms with van der Waals surface area (Å²) in [6, 6.07) is 10.6. The summed E-state index contributed by atoms with van der Waals surface area (Å²) in [4.78, 5) is 12.2. The molecule has 4 heteroatoms. The number of carbonyl (C=O) groups is 1. The zero-order valence-electron chi connectivity index (χ0n) is 12.3. The lowest BCUT2D eigenvalue weighted by Crippen LogP contribution is -2.32. The maximum Gasteiger partial charge on any atom is 0.251 e. The van der Waals surface area contributed by atoms with Crippen LogP contribution in [-0.2, 0) is 5.41 Å². The molecule has 2 aromatic rings. The minimum Gasteiger partial charge on any atom is -0.351 e. The average Bonchev–Trinajstić information content (AvgIpc) is 3.29. The van der Waals surface area contributed by atoms with Crippen molar-refractivity contribution in [2.45, 2.75) is 25.2 Å². The smallest absolute Gasteiger partial charge is 0.251 e. The zero-order chi connectivity index (χ0) is 15.7. The van der Waals surface area contributed by atoms with Crippen molar-refractivity contribution in [1.82, 2.24) is 5.32 Å². The van der Waals surface area contributed by atoms with E-state index in [0.717, 1.165) is 24.0 Å². The summed E-state index contributed by atoms with van der Waals surface area (Å²) in [7, 11) is 0. The van der Waals surface area contributed by atoms with Gasteiger partial charge in [0, 0.05) is 17.5 Å². The third-order valence-corrected chi connectivity index (χ3v) is 4.34. The van der Waals surface area contributed by atoms with Crippen LogP contribution in [0.5, 0.6) is 0 Å². The van der Waals surface area contributed by atoms with E-state index in [1.54, 1.807) is 25.1 Å². The standard InChI is InChI=1S/C18H17F2NO/c1-12-2-5-15(20)10-16(12)17(22)21-11-18(8-9-18)13-3-6-14(19)7-4-13/h2-7,10H,8-9,11H2,1H3,(H,21,22). The largest absolute Gasteiger partial charge is 0.351 e. The molecule has 0 radical (unpaired) electrons. The molecule has 1 N–H and O–H groups in total. The fourth-order valence-corrected chi connectivity index (χ4v) is 2.71. The van der Waals surface area contributed by atoms with Gasteiger partial charge in [-0.05, 0) is 55.2 Å². The summed E-state index contributed by atoms with van der Waals surface area (Å²) < 4.78 is 26.3. The number of hydrogen-bond donors (Lipinski definition) is 1. The lowest BCUT2D eigenvalue weighted by atomic mass is 9.95. The third kappa shape index (κ3) is 2.86. The molecule has 1 aliphatic carbocycles. The van der Waals surface area contributed by atoms with Gasteiger partial charge in [0.1, 0.15) is 11.6 Å². The van der Waals surface area contributed by atoms with Gasteiger partial charge in [0.25, 0.3) is 5.91 Å². The number of carbonyl (C=O) groups excluding carboxylic acids is 1. The molecule has 3 rings (SSSR count). The number of halogens is 2. The van der Waals surface area contributed by atoms with Crippen LogP contribution in [0.25, 0.3) is 0 Å². The quantitative estimate of drug-likeness (QED) is 0.916. The van der Waals surface area contributed by atoms with Gasteiger partial charge in [0.05, 0.1) is 0 Å². The summed E-state index contributed by atoms with van der Waals surface area (Å²) in [6.45, 7) is 2.26. The van der Waals surface area contributed by atoms with Crippen LogP contribution in [0.4, 0.5) is 8.78 Å². The minimum atomic E-state index is -0.421. The molecule has 0 spiro atoms. The minimum absolute atomic E-state index is 0.107. The molecule has 2 nitrogen and oxygen atoms in total. The SMILES string of the molecule is Cc1ccc(F)cc1C(=O)NCC1(c2ccc(F)cc2)CC1. The van der Waals surface area contributed by atoms with E-state index in [1.807, 2.05) is 0 Å². The van der Waals surface area contributed by atoms with Gasteiger partial charge in [0.2, 0.25) is 0 Å². The number of amides is 1. The number of rotatable bonds is 4. The van der Waals surface area contributed by atoms with Crippen LogP contribution in [0.3, 0.4) is 0 Å². The van der Waals surface area contributed by atoms with Gasteiger partial charge in [0.15, 0.2) is 0 Å². The molecule has 1 amide bonds. The molecule has 0 unspecified atom stereocenters. The summed E-state index contributed by atoms with van der Waals surface area (Å²) >= 11 is 0. The Morgan fingerprint density at radius 3 is 2.36 bits per heavy atom. The lowest BCUT2D eigenvalue weighted by Gasteiger charge is -2.17. The first-order chi connectivity index (χ1) is 10.5. The first-order valence-electron chi connectivity index (χ1n) is 7.31. The second kappa shape index (κ2) is 5.52. The highest BCUT2D eigenvalue weighted by atomic mass is 19.1. The van der Waals surface area contributed by atoms with Gasteiger partial charge < -0.3 is 5.32 Å². The molecule has 1 saturated carbocycles. The van der Waals surface area contributed by atoms with Crippen LogP contribution in [0, 0.1) is 18.6 Å². The predicted octanol–water partition coefficient (Wildman–Crippen LogP) is 3.73. The summed E-state index contributed by atoms with van der Waals surface area (Å²) in [5.74, 6) is -0.959. The molecule has 22 heavy (non-hydrogen) atoms. The summed E-state index contributed by atoms with van der Waals surface area (Å²) in [5.41, 5.74) is 2.02. The number of benzene rings is 2. The van der Waals surface area contributed by atoms with E-state index < -0.39 is 5.82 Å². The van der Waals surface area contributed by atoms with Crippen molar-refractivity contribution in [2.24, 2.45) is 0 Å². The molecule has 0 saturated heterocycles. The predicted molar refractivity (Wildman–Crippen MR) is 80.8 cm³/mol. The van der Waals surface area contributed by atoms with Crippen LogP contribution in [-0.4, -0.2) is 12.5 Å². The highest BCUT2D eigenvalue weighted by molar-refractivity contribution is 5.95. The molecule has 2 aromatic carbocycles. The van der Waals surface area contributed by atoms with Crippen LogP contribution in [0.1, 0.15) is 34.3 Å². The van der Waals surface area contributed by atoms with Crippen molar-refractivity contribution in [2.75, 3.05) is 6.54 Å². The van der Waals surface area contributed by atoms with Crippen molar-refractivity contribution < 1.29 is 13.6 Å². The molecular formula is C18H17F2NO. The van der Waals surface area contributed by atoms with Crippen molar-refractivity contribution in [3.63, 3.8) is 0 Å². The van der Waals surface area contributed by atoms with E-state index in [2.05, 4.69) is 5.32 Å². The molecular weight excluding hydrogens is 284 g/mol. The van der Waals surface area contributed by atoms with E-state index in [4.69, 9.17) is 0 Å². The topological polar surface area (TPSA) is 29.1 Å².